The maximum Gasteiger partial charge on any atom is 0.337 e. The van der Waals surface area contributed by atoms with E-state index in [2.05, 4.69) is 9.72 Å². The number of carbonyl (C=O) groups is 2. The molecule has 5 nitrogen and oxygen atoms in total. The van der Waals surface area contributed by atoms with Crippen molar-refractivity contribution >= 4 is 22.7 Å². The van der Waals surface area contributed by atoms with Gasteiger partial charge >= 0.3 is 5.97 Å². The Kier molecular flexibility index (Phi) is 2.97. The van der Waals surface area contributed by atoms with Crippen molar-refractivity contribution in [1.82, 2.24) is 4.98 Å². The number of H-pyrrole nitrogens is 1. The van der Waals surface area contributed by atoms with Crippen LogP contribution in [0.5, 0.6) is 0 Å². The Morgan fingerprint density at radius 3 is 2.61 bits per heavy atom. The van der Waals surface area contributed by atoms with E-state index in [-0.39, 0.29) is 22.3 Å². The third-order valence-electron chi connectivity index (χ3n) is 2.68. The molecule has 0 atom stereocenters. The predicted octanol–water partition coefficient (Wildman–Crippen LogP) is 1.52. The number of carbonyl (C=O) groups excluding carboxylic acids is 2. The van der Waals surface area contributed by atoms with E-state index in [1.165, 1.54) is 26.3 Å². The number of hydrogen-bond acceptors (Lipinski definition) is 4. The lowest BCUT2D eigenvalue weighted by atomic mass is 10.1. The van der Waals surface area contributed by atoms with Crippen LogP contribution in [0, 0.1) is 0 Å². The molecule has 0 radical (unpaired) electrons. The summed E-state index contributed by atoms with van der Waals surface area (Å²) < 4.78 is 4.58. The molecule has 0 unspecified atom stereocenters. The smallest absolute Gasteiger partial charge is 0.337 e. The number of ketones is 1. The Morgan fingerprint density at radius 1 is 1.28 bits per heavy atom. The number of hydrogen-bond donors (Lipinski definition) is 1. The molecule has 2 aromatic rings. The number of fused-ring (bicyclic) bond motifs is 1. The molecule has 1 heterocycles. The molecule has 0 bridgehead atoms. The van der Waals surface area contributed by atoms with Gasteiger partial charge in [-0.1, -0.05) is 0 Å². The number of rotatable bonds is 2. The highest BCUT2D eigenvalue weighted by Gasteiger charge is 2.12. The third kappa shape index (κ3) is 1.90. The van der Waals surface area contributed by atoms with E-state index in [4.69, 9.17) is 0 Å². The zero-order chi connectivity index (χ0) is 13.3. The summed E-state index contributed by atoms with van der Waals surface area (Å²) in [6, 6.07) is 4.58. The number of aromatic amines is 1. The van der Waals surface area contributed by atoms with E-state index in [0.717, 1.165) is 0 Å². The molecular formula is C13H11NO4. The average Bonchev–Trinajstić information content (AvgIpc) is 2.37. The summed E-state index contributed by atoms with van der Waals surface area (Å²) in [7, 11) is 1.27. The van der Waals surface area contributed by atoms with Gasteiger partial charge in [0.05, 0.1) is 18.2 Å². The molecule has 18 heavy (non-hydrogen) atoms. The summed E-state index contributed by atoms with van der Waals surface area (Å²) in [5.41, 5.74) is 0.528. The second kappa shape index (κ2) is 4.44. The molecule has 0 fully saturated rings. The van der Waals surface area contributed by atoms with Crippen LogP contribution < -0.4 is 5.43 Å². The van der Waals surface area contributed by atoms with Gasteiger partial charge in [-0.3, -0.25) is 9.59 Å². The SMILES string of the molecule is COC(=O)c1ccc2[nH]cc(C(C)=O)c(=O)c2c1. The molecule has 1 aromatic heterocycles. The molecule has 92 valence electrons. The van der Waals surface area contributed by atoms with E-state index in [1.54, 1.807) is 12.1 Å². The van der Waals surface area contributed by atoms with Gasteiger partial charge in [-0.15, -0.1) is 0 Å². The van der Waals surface area contributed by atoms with Crippen LogP contribution in [0.3, 0.4) is 0 Å². The first-order chi connectivity index (χ1) is 8.54. The molecule has 0 amide bonds. The van der Waals surface area contributed by atoms with Crippen molar-refractivity contribution in [3.8, 4) is 0 Å². The molecule has 5 heteroatoms. The van der Waals surface area contributed by atoms with E-state index >= 15 is 0 Å². The van der Waals surface area contributed by atoms with Gasteiger partial charge in [-0.2, -0.15) is 0 Å². The number of esters is 1. The highest BCUT2D eigenvalue weighted by Crippen LogP contribution is 2.12. The van der Waals surface area contributed by atoms with Gasteiger partial charge in [0, 0.05) is 17.1 Å². The van der Waals surface area contributed by atoms with Crippen molar-refractivity contribution in [2.45, 2.75) is 6.92 Å². The van der Waals surface area contributed by atoms with Gasteiger partial charge in [0.15, 0.2) is 11.2 Å². The van der Waals surface area contributed by atoms with Gasteiger partial charge in [0.1, 0.15) is 0 Å². The second-order valence-corrected chi connectivity index (χ2v) is 3.84. The van der Waals surface area contributed by atoms with Crippen LogP contribution in [0.4, 0.5) is 0 Å². The second-order valence-electron chi connectivity index (χ2n) is 3.84. The average molecular weight is 245 g/mol. The monoisotopic (exact) mass is 245 g/mol. The standard InChI is InChI=1S/C13H11NO4/c1-7(15)10-6-14-11-4-3-8(13(17)18-2)5-9(11)12(10)16/h3-6H,1-2H3,(H,14,16). The Hall–Kier alpha value is -2.43. The Balaban J connectivity index is 2.74. The summed E-state index contributed by atoms with van der Waals surface area (Å²) in [5, 5.41) is 0.297. The van der Waals surface area contributed by atoms with Gasteiger partial charge in [-0.25, -0.2) is 4.79 Å². The molecule has 0 aliphatic heterocycles. The Morgan fingerprint density at radius 2 is 2.00 bits per heavy atom. The van der Waals surface area contributed by atoms with Gasteiger partial charge in [0.25, 0.3) is 0 Å². The third-order valence-corrected chi connectivity index (χ3v) is 2.68. The van der Waals surface area contributed by atoms with E-state index < -0.39 is 5.97 Å². The zero-order valence-corrected chi connectivity index (χ0v) is 9.94. The molecule has 0 aliphatic carbocycles. The highest BCUT2D eigenvalue weighted by molar-refractivity contribution is 5.99. The van der Waals surface area contributed by atoms with E-state index in [1.807, 2.05) is 0 Å². The Labute approximate surface area is 102 Å². The van der Waals surface area contributed by atoms with Crippen molar-refractivity contribution in [2.24, 2.45) is 0 Å². The maximum atomic E-state index is 12.0. The minimum Gasteiger partial charge on any atom is -0.465 e. The van der Waals surface area contributed by atoms with Gasteiger partial charge < -0.3 is 9.72 Å². The number of benzene rings is 1. The quantitative estimate of drug-likeness (QED) is 0.642. The molecule has 0 saturated heterocycles. The van der Waals surface area contributed by atoms with Crippen molar-refractivity contribution < 1.29 is 14.3 Å². The summed E-state index contributed by atoms with van der Waals surface area (Å²) in [4.78, 5) is 37.6. The van der Waals surface area contributed by atoms with Crippen LogP contribution in [-0.4, -0.2) is 23.8 Å². The van der Waals surface area contributed by atoms with Crippen molar-refractivity contribution in [3.05, 3.63) is 45.7 Å². The lowest BCUT2D eigenvalue weighted by molar-refractivity contribution is 0.0601. The fraction of sp³-hybridized carbons (Fsp3) is 0.154. The first-order valence-corrected chi connectivity index (χ1v) is 5.29. The number of pyridine rings is 1. The summed E-state index contributed by atoms with van der Waals surface area (Å²) in [5.74, 6) is -0.842. The van der Waals surface area contributed by atoms with E-state index in [9.17, 15) is 14.4 Å². The number of ether oxygens (including phenoxy) is 1. The fourth-order valence-electron chi connectivity index (χ4n) is 1.72. The van der Waals surface area contributed by atoms with Gasteiger partial charge in [-0.05, 0) is 25.1 Å². The molecule has 0 spiro atoms. The summed E-state index contributed by atoms with van der Waals surface area (Å²) in [6.07, 6.45) is 1.38. The van der Waals surface area contributed by atoms with Crippen molar-refractivity contribution in [1.29, 1.82) is 0 Å². The fourth-order valence-corrected chi connectivity index (χ4v) is 1.72. The van der Waals surface area contributed by atoms with Crippen LogP contribution >= 0.6 is 0 Å². The zero-order valence-electron chi connectivity index (χ0n) is 9.94. The number of aromatic nitrogens is 1. The lowest BCUT2D eigenvalue weighted by Crippen LogP contribution is -2.14. The number of nitrogens with one attached hydrogen (secondary N) is 1. The molecule has 0 aliphatic rings. The minimum absolute atomic E-state index is 0.0736. The number of methoxy groups -OCH3 is 1. The highest BCUT2D eigenvalue weighted by atomic mass is 16.5. The molecule has 1 aromatic carbocycles. The number of Topliss-reactive ketones (excluding diaryl/α,β-unsaturated/α-hetero) is 1. The van der Waals surface area contributed by atoms with Crippen LogP contribution in [0.1, 0.15) is 27.6 Å². The summed E-state index contributed by atoms with van der Waals surface area (Å²) >= 11 is 0. The largest absolute Gasteiger partial charge is 0.465 e. The molecule has 2 rings (SSSR count). The first kappa shape index (κ1) is 12.0. The lowest BCUT2D eigenvalue weighted by Gasteiger charge is -2.03. The van der Waals surface area contributed by atoms with Crippen LogP contribution in [0.25, 0.3) is 10.9 Å². The van der Waals surface area contributed by atoms with E-state index in [0.29, 0.717) is 10.9 Å². The van der Waals surface area contributed by atoms with Crippen LogP contribution in [0.15, 0.2) is 29.2 Å². The van der Waals surface area contributed by atoms with Crippen molar-refractivity contribution in [2.75, 3.05) is 7.11 Å². The molecule has 0 saturated carbocycles. The van der Waals surface area contributed by atoms with Crippen LogP contribution in [-0.2, 0) is 4.74 Å². The normalized spacial score (nSPS) is 10.3. The Bertz CT molecular complexity index is 700. The molecular weight excluding hydrogens is 234 g/mol. The van der Waals surface area contributed by atoms with Crippen molar-refractivity contribution in [3.63, 3.8) is 0 Å². The minimum atomic E-state index is -0.524. The predicted molar refractivity (Wildman–Crippen MR) is 65.9 cm³/mol. The first-order valence-electron chi connectivity index (χ1n) is 5.29. The van der Waals surface area contributed by atoms with Gasteiger partial charge in [0.2, 0.25) is 0 Å². The summed E-state index contributed by atoms with van der Waals surface area (Å²) in [6.45, 7) is 1.32. The topological polar surface area (TPSA) is 76.2 Å². The van der Waals surface area contributed by atoms with Crippen LogP contribution in [0.2, 0.25) is 0 Å². The molecule has 1 N–H and O–H groups in total. The maximum absolute atomic E-state index is 12.0.